The number of likely N-dealkylation sites (tertiary alicyclic amines) is 1. The highest BCUT2D eigenvalue weighted by molar-refractivity contribution is 5.67. The number of alkyl carbamates (subject to hydrolysis) is 1. The van der Waals surface area contributed by atoms with Gasteiger partial charge in [-0.05, 0) is 50.6 Å². The fourth-order valence-electron chi connectivity index (χ4n) is 4.48. The maximum atomic E-state index is 12.0. The van der Waals surface area contributed by atoms with Gasteiger partial charge in [-0.1, -0.05) is 49.6 Å². The monoisotopic (exact) mass is 344 g/mol. The summed E-state index contributed by atoms with van der Waals surface area (Å²) in [6, 6.07) is 10.9. The van der Waals surface area contributed by atoms with E-state index in [-0.39, 0.29) is 6.09 Å². The van der Waals surface area contributed by atoms with Crippen molar-refractivity contribution in [2.24, 2.45) is 5.92 Å². The quantitative estimate of drug-likeness (QED) is 0.834. The van der Waals surface area contributed by atoms with E-state index in [9.17, 15) is 4.79 Å². The number of amides is 1. The van der Waals surface area contributed by atoms with E-state index >= 15 is 0 Å². The Morgan fingerprint density at radius 2 is 1.92 bits per heavy atom. The Hall–Kier alpha value is -1.55. The van der Waals surface area contributed by atoms with Crippen molar-refractivity contribution in [3.8, 4) is 0 Å². The van der Waals surface area contributed by atoms with Crippen molar-refractivity contribution in [2.45, 2.75) is 70.6 Å². The van der Waals surface area contributed by atoms with Gasteiger partial charge in [-0.25, -0.2) is 4.79 Å². The lowest BCUT2D eigenvalue weighted by atomic mass is 9.84. The second-order valence-corrected chi connectivity index (χ2v) is 7.62. The molecule has 1 N–H and O–H groups in total. The number of nitrogens with zero attached hydrogens (tertiary/aromatic N) is 1. The molecule has 1 unspecified atom stereocenters. The predicted molar refractivity (Wildman–Crippen MR) is 100 cm³/mol. The van der Waals surface area contributed by atoms with Crippen LogP contribution in [0.5, 0.6) is 0 Å². The number of carbonyl (C=O) groups excluding carboxylic acids is 1. The molecule has 1 aliphatic carbocycles. The van der Waals surface area contributed by atoms with Gasteiger partial charge < -0.3 is 10.1 Å². The minimum absolute atomic E-state index is 0.305. The van der Waals surface area contributed by atoms with Crippen LogP contribution in [-0.4, -0.2) is 36.2 Å². The van der Waals surface area contributed by atoms with Crippen LogP contribution < -0.4 is 5.32 Å². The van der Waals surface area contributed by atoms with Crippen LogP contribution in [0.15, 0.2) is 30.3 Å². The third kappa shape index (κ3) is 5.21. The molecule has 2 aliphatic rings. The van der Waals surface area contributed by atoms with Gasteiger partial charge >= 0.3 is 6.09 Å². The van der Waals surface area contributed by atoms with Crippen molar-refractivity contribution in [3.05, 3.63) is 35.9 Å². The van der Waals surface area contributed by atoms with Gasteiger partial charge in [0, 0.05) is 18.6 Å². The number of hydrogen-bond donors (Lipinski definition) is 1. The topological polar surface area (TPSA) is 41.6 Å². The molecular weight excluding hydrogens is 312 g/mol. The molecule has 2 fully saturated rings. The molecule has 1 heterocycles. The van der Waals surface area contributed by atoms with Gasteiger partial charge in [0.2, 0.25) is 0 Å². The molecule has 138 valence electrons. The van der Waals surface area contributed by atoms with E-state index in [0.29, 0.717) is 25.2 Å². The van der Waals surface area contributed by atoms with E-state index in [4.69, 9.17) is 4.74 Å². The van der Waals surface area contributed by atoms with Gasteiger partial charge in [0.1, 0.15) is 6.61 Å². The molecule has 1 saturated carbocycles. The number of hydrogen-bond acceptors (Lipinski definition) is 3. The lowest BCUT2D eigenvalue weighted by Gasteiger charge is -2.37. The molecule has 0 radical (unpaired) electrons. The highest BCUT2D eigenvalue weighted by atomic mass is 16.5. The zero-order chi connectivity index (χ0) is 17.5. The molecule has 1 amide bonds. The Balaban J connectivity index is 1.42. The maximum Gasteiger partial charge on any atom is 0.407 e. The first kappa shape index (κ1) is 18.2. The highest BCUT2D eigenvalue weighted by Gasteiger charge is 2.33. The summed E-state index contributed by atoms with van der Waals surface area (Å²) in [5.74, 6) is 0.833. The normalized spacial score (nSPS) is 23.3. The van der Waals surface area contributed by atoms with Gasteiger partial charge in [-0.3, -0.25) is 4.90 Å². The van der Waals surface area contributed by atoms with Crippen LogP contribution in [0, 0.1) is 5.92 Å². The summed E-state index contributed by atoms with van der Waals surface area (Å²) in [6.07, 6.45) is 9.03. The minimum atomic E-state index is -0.305. The Labute approximate surface area is 151 Å². The zero-order valence-corrected chi connectivity index (χ0v) is 15.5. The lowest BCUT2D eigenvalue weighted by molar-refractivity contribution is 0.108. The Bertz CT molecular complexity index is 528. The number of nitrogens with one attached hydrogen (secondary N) is 1. The lowest BCUT2D eigenvalue weighted by Crippen LogP contribution is -2.47. The fraction of sp³-hybridized carbons (Fsp3) is 0.667. The van der Waals surface area contributed by atoms with E-state index in [0.717, 1.165) is 11.5 Å². The number of ether oxygens (including phenoxy) is 1. The molecule has 1 saturated heterocycles. The molecule has 25 heavy (non-hydrogen) atoms. The van der Waals surface area contributed by atoms with Crippen molar-refractivity contribution in [2.75, 3.05) is 13.1 Å². The molecule has 1 aromatic carbocycles. The molecule has 0 spiro atoms. The third-order valence-electron chi connectivity index (χ3n) is 5.97. The number of rotatable bonds is 6. The first-order chi connectivity index (χ1) is 12.2. The highest BCUT2D eigenvalue weighted by Crippen LogP contribution is 2.32. The van der Waals surface area contributed by atoms with E-state index in [1.807, 2.05) is 30.3 Å². The summed E-state index contributed by atoms with van der Waals surface area (Å²) in [7, 11) is 0. The Kier molecular flexibility index (Phi) is 6.74. The van der Waals surface area contributed by atoms with Gasteiger partial charge in [0.25, 0.3) is 0 Å². The van der Waals surface area contributed by atoms with Gasteiger partial charge in [-0.2, -0.15) is 0 Å². The molecule has 4 nitrogen and oxygen atoms in total. The Morgan fingerprint density at radius 3 is 2.68 bits per heavy atom. The van der Waals surface area contributed by atoms with Gasteiger partial charge in [0.15, 0.2) is 0 Å². The minimum Gasteiger partial charge on any atom is -0.445 e. The first-order valence-corrected chi connectivity index (χ1v) is 9.94. The van der Waals surface area contributed by atoms with E-state index < -0.39 is 0 Å². The van der Waals surface area contributed by atoms with Crippen LogP contribution in [0.4, 0.5) is 4.79 Å². The van der Waals surface area contributed by atoms with E-state index in [1.165, 1.54) is 51.5 Å². The second kappa shape index (κ2) is 9.23. The SMILES string of the molecule is CC(C1CCCCC1)N1CCC[C@H]1CNC(=O)OCc1ccccc1. The number of benzene rings is 1. The van der Waals surface area contributed by atoms with Crippen LogP contribution >= 0.6 is 0 Å². The summed E-state index contributed by atoms with van der Waals surface area (Å²) in [5.41, 5.74) is 1.02. The van der Waals surface area contributed by atoms with Crippen molar-refractivity contribution in [1.29, 1.82) is 0 Å². The molecule has 4 heteroatoms. The van der Waals surface area contributed by atoms with Crippen molar-refractivity contribution < 1.29 is 9.53 Å². The van der Waals surface area contributed by atoms with Crippen LogP contribution in [-0.2, 0) is 11.3 Å². The maximum absolute atomic E-state index is 12.0. The summed E-state index contributed by atoms with van der Waals surface area (Å²) in [4.78, 5) is 14.6. The summed E-state index contributed by atoms with van der Waals surface area (Å²) >= 11 is 0. The Morgan fingerprint density at radius 1 is 1.16 bits per heavy atom. The first-order valence-electron chi connectivity index (χ1n) is 9.94. The standard InChI is InChI=1S/C21H32N2O2/c1-17(19-11-6-3-7-12-19)23-14-8-13-20(23)15-22-21(24)25-16-18-9-4-2-5-10-18/h2,4-5,9-10,17,19-20H,3,6-8,11-16H2,1H3,(H,22,24)/t17?,20-/m0/s1. The predicted octanol–water partition coefficient (Wildman–Crippen LogP) is 4.35. The third-order valence-corrected chi connectivity index (χ3v) is 5.97. The van der Waals surface area contributed by atoms with E-state index in [2.05, 4.69) is 17.1 Å². The molecule has 0 bridgehead atoms. The summed E-state index contributed by atoms with van der Waals surface area (Å²) in [6.45, 7) is 4.59. The molecule has 0 aromatic heterocycles. The molecular formula is C21H32N2O2. The van der Waals surface area contributed by atoms with Crippen molar-refractivity contribution in [1.82, 2.24) is 10.2 Å². The van der Waals surface area contributed by atoms with Crippen LogP contribution in [0.3, 0.4) is 0 Å². The van der Waals surface area contributed by atoms with Crippen molar-refractivity contribution >= 4 is 6.09 Å². The van der Waals surface area contributed by atoms with Crippen LogP contribution in [0.25, 0.3) is 0 Å². The second-order valence-electron chi connectivity index (χ2n) is 7.62. The molecule has 2 atom stereocenters. The number of carbonyl (C=O) groups is 1. The average molecular weight is 344 g/mol. The van der Waals surface area contributed by atoms with Crippen molar-refractivity contribution in [3.63, 3.8) is 0 Å². The summed E-state index contributed by atoms with van der Waals surface area (Å²) in [5, 5.41) is 2.98. The molecule has 1 aromatic rings. The van der Waals surface area contributed by atoms with Crippen LogP contribution in [0.2, 0.25) is 0 Å². The largest absolute Gasteiger partial charge is 0.445 e. The molecule has 3 rings (SSSR count). The fourth-order valence-corrected chi connectivity index (χ4v) is 4.48. The molecule has 1 aliphatic heterocycles. The van der Waals surface area contributed by atoms with Gasteiger partial charge in [-0.15, -0.1) is 0 Å². The smallest absolute Gasteiger partial charge is 0.407 e. The summed E-state index contributed by atoms with van der Waals surface area (Å²) < 4.78 is 5.33. The van der Waals surface area contributed by atoms with E-state index in [1.54, 1.807) is 0 Å². The zero-order valence-electron chi connectivity index (χ0n) is 15.5. The van der Waals surface area contributed by atoms with Crippen LogP contribution in [0.1, 0.15) is 57.4 Å². The van der Waals surface area contributed by atoms with Gasteiger partial charge in [0.05, 0.1) is 0 Å². The average Bonchev–Trinajstić information content (AvgIpc) is 3.14.